The molecule has 0 bridgehead atoms. The molecule has 0 radical (unpaired) electrons. The summed E-state index contributed by atoms with van der Waals surface area (Å²) in [7, 11) is 1.32. The number of anilines is 1. The summed E-state index contributed by atoms with van der Waals surface area (Å²) >= 11 is 0. The van der Waals surface area contributed by atoms with Gasteiger partial charge in [-0.3, -0.25) is 14.9 Å². The number of ether oxygens (including phenoxy) is 1. The van der Waals surface area contributed by atoms with Gasteiger partial charge in [-0.25, -0.2) is 4.98 Å². The third-order valence-electron chi connectivity index (χ3n) is 2.98. The highest BCUT2D eigenvalue weighted by atomic mass is 16.6. The van der Waals surface area contributed by atoms with Crippen molar-refractivity contribution in [2.24, 2.45) is 0 Å². The quantitative estimate of drug-likeness (QED) is 0.351. The van der Waals surface area contributed by atoms with Crippen LogP contribution < -0.4 is 15.9 Å². The Hall–Kier alpha value is -2.70. The number of methoxy groups -OCH3 is 1. The van der Waals surface area contributed by atoms with E-state index in [0.29, 0.717) is 29.2 Å². The summed E-state index contributed by atoms with van der Waals surface area (Å²) in [4.78, 5) is 25.8. The smallest absolute Gasteiger partial charge is 0.311 e. The van der Waals surface area contributed by atoms with Crippen LogP contribution in [-0.2, 0) is 9.53 Å². The molecule has 0 aliphatic heterocycles. The Kier molecular flexibility index (Phi) is 6.75. The zero-order chi connectivity index (χ0) is 16.5. The van der Waals surface area contributed by atoms with Crippen molar-refractivity contribution in [1.29, 1.82) is 0 Å². The SMILES string of the molecule is C=C/C=c1/ncc([N+](=O)[O-])c(NCCCC(=O)OC)/c1=C/C. The topological polar surface area (TPSA) is 94.4 Å². The summed E-state index contributed by atoms with van der Waals surface area (Å²) in [6, 6.07) is 0. The van der Waals surface area contributed by atoms with E-state index in [1.165, 1.54) is 13.3 Å². The van der Waals surface area contributed by atoms with E-state index < -0.39 is 4.92 Å². The molecule has 1 N–H and O–H groups in total. The molecule has 1 aromatic heterocycles. The highest BCUT2D eigenvalue weighted by Crippen LogP contribution is 2.17. The van der Waals surface area contributed by atoms with Crippen molar-refractivity contribution in [3.05, 3.63) is 39.5 Å². The zero-order valence-corrected chi connectivity index (χ0v) is 12.7. The number of hydrogen-bond donors (Lipinski definition) is 1. The molecule has 1 rings (SSSR count). The van der Waals surface area contributed by atoms with Gasteiger partial charge >= 0.3 is 11.7 Å². The van der Waals surface area contributed by atoms with Crippen LogP contribution in [0.2, 0.25) is 0 Å². The van der Waals surface area contributed by atoms with E-state index in [9.17, 15) is 14.9 Å². The Morgan fingerprint density at radius 2 is 2.32 bits per heavy atom. The second-order valence-electron chi connectivity index (χ2n) is 4.37. The monoisotopic (exact) mass is 305 g/mol. The van der Waals surface area contributed by atoms with E-state index in [4.69, 9.17) is 0 Å². The Morgan fingerprint density at radius 3 is 2.86 bits per heavy atom. The number of allylic oxidation sites excluding steroid dienone is 1. The molecule has 0 atom stereocenters. The minimum Gasteiger partial charge on any atom is -0.469 e. The van der Waals surface area contributed by atoms with E-state index in [1.807, 2.05) is 0 Å². The van der Waals surface area contributed by atoms with Crippen LogP contribution in [0.4, 0.5) is 11.4 Å². The van der Waals surface area contributed by atoms with Gasteiger partial charge in [0, 0.05) is 18.2 Å². The van der Waals surface area contributed by atoms with E-state index >= 15 is 0 Å². The summed E-state index contributed by atoms with van der Waals surface area (Å²) in [5.74, 6) is -0.311. The summed E-state index contributed by atoms with van der Waals surface area (Å²) in [5, 5.41) is 15.4. The number of esters is 1. The fourth-order valence-electron chi connectivity index (χ4n) is 1.94. The zero-order valence-electron chi connectivity index (χ0n) is 12.7. The van der Waals surface area contributed by atoms with Crippen molar-refractivity contribution in [1.82, 2.24) is 4.98 Å². The molecular formula is C15H19N3O4. The fourth-order valence-corrected chi connectivity index (χ4v) is 1.94. The second-order valence-corrected chi connectivity index (χ2v) is 4.37. The van der Waals surface area contributed by atoms with Crippen LogP contribution in [0.3, 0.4) is 0 Å². The van der Waals surface area contributed by atoms with Crippen LogP contribution in [0.5, 0.6) is 0 Å². The molecule has 1 heterocycles. The number of rotatable bonds is 7. The summed E-state index contributed by atoms with van der Waals surface area (Å²) in [5.41, 5.74) is 0.285. The molecule has 0 aliphatic carbocycles. The number of hydrogen-bond acceptors (Lipinski definition) is 6. The van der Waals surface area contributed by atoms with Gasteiger partial charge in [-0.1, -0.05) is 18.7 Å². The first-order valence-corrected chi connectivity index (χ1v) is 6.78. The predicted molar refractivity (Wildman–Crippen MR) is 84.7 cm³/mol. The minimum absolute atomic E-state index is 0.104. The average molecular weight is 305 g/mol. The summed E-state index contributed by atoms with van der Waals surface area (Å²) in [6.45, 7) is 5.80. The molecule has 0 amide bonds. The van der Waals surface area contributed by atoms with Crippen molar-refractivity contribution < 1.29 is 14.5 Å². The molecule has 0 aliphatic rings. The molecule has 0 saturated carbocycles. The number of carbonyl (C=O) groups is 1. The lowest BCUT2D eigenvalue weighted by Gasteiger charge is -2.08. The maximum atomic E-state index is 11.2. The highest BCUT2D eigenvalue weighted by molar-refractivity contribution is 5.69. The molecule has 0 saturated heterocycles. The number of aromatic nitrogens is 1. The number of pyridine rings is 1. The number of nitrogens with one attached hydrogen (secondary N) is 1. The molecule has 22 heavy (non-hydrogen) atoms. The Labute approximate surface area is 128 Å². The standard InChI is InChI=1S/C15H19N3O4/c1-4-7-12-11(5-2)15(13(10-17-12)18(20)21)16-9-6-8-14(19)22-3/h4-5,7,10,16H,1,6,8-9H2,2-3H3/b11-5+,12-7+. The third kappa shape index (κ3) is 4.41. The minimum atomic E-state index is -0.486. The van der Waals surface area contributed by atoms with Gasteiger partial charge in [0.05, 0.1) is 17.4 Å². The van der Waals surface area contributed by atoms with Crippen LogP contribution in [-0.4, -0.2) is 29.5 Å². The van der Waals surface area contributed by atoms with Gasteiger partial charge in [-0.05, 0) is 19.4 Å². The van der Waals surface area contributed by atoms with Gasteiger partial charge in [0.1, 0.15) is 11.9 Å². The molecule has 0 fully saturated rings. The maximum Gasteiger partial charge on any atom is 0.311 e. The molecule has 7 heteroatoms. The van der Waals surface area contributed by atoms with Crippen LogP contribution in [0.25, 0.3) is 12.2 Å². The average Bonchev–Trinajstić information content (AvgIpc) is 2.51. The molecule has 1 aromatic rings. The normalized spacial score (nSPS) is 12.1. The van der Waals surface area contributed by atoms with Crippen molar-refractivity contribution in [3.63, 3.8) is 0 Å². The first kappa shape index (κ1) is 17.4. The van der Waals surface area contributed by atoms with Crippen molar-refractivity contribution >= 4 is 29.5 Å². The summed E-state index contributed by atoms with van der Waals surface area (Å²) in [6.07, 6.45) is 6.97. The fraction of sp³-hybridized carbons (Fsp3) is 0.333. The van der Waals surface area contributed by atoms with Crippen LogP contribution in [0, 0.1) is 10.1 Å². The molecular weight excluding hydrogens is 286 g/mol. The van der Waals surface area contributed by atoms with Gasteiger partial charge in [-0.15, -0.1) is 0 Å². The van der Waals surface area contributed by atoms with Gasteiger partial charge < -0.3 is 10.1 Å². The van der Waals surface area contributed by atoms with Crippen LogP contribution in [0.15, 0.2) is 18.9 Å². The third-order valence-corrected chi connectivity index (χ3v) is 2.98. The first-order chi connectivity index (χ1) is 10.5. The van der Waals surface area contributed by atoms with E-state index in [1.54, 1.807) is 25.2 Å². The Bertz CT molecular complexity index is 683. The predicted octanol–water partition coefficient (Wildman–Crippen LogP) is 1.12. The molecule has 7 nitrogen and oxygen atoms in total. The second kappa shape index (κ2) is 8.56. The Morgan fingerprint density at radius 1 is 1.59 bits per heavy atom. The highest BCUT2D eigenvalue weighted by Gasteiger charge is 2.15. The molecule has 0 unspecified atom stereocenters. The molecule has 118 valence electrons. The number of nitrogens with zero attached hydrogens (tertiary/aromatic N) is 2. The lowest BCUT2D eigenvalue weighted by molar-refractivity contribution is -0.384. The van der Waals surface area contributed by atoms with E-state index in [2.05, 4.69) is 21.6 Å². The van der Waals surface area contributed by atoms with Crippen molar-refractivity contribution in [2.45, 2.75) is 19.8 Å². The van der Waals surface area contributed by atoms with E-state index in [-0.39, 0.29) is 18.1 Å². The van der Waals surface area contributed by atoms with Crippen LogP contribution >= 0.6 is 0 Å². The van der Waals surface area contributed by atoms with Gasteiger partial charge in [-0.2, -0.15) is 0 Å². The van der Waals surface area contributed by atoms with Crippen molar-refractivity contribution in [3.8, 4) is 0 Å². The molecule has 0 spiro atoms. The van der Waals surface area contributed by atoms with Gasteiger partial charge in [0.15, 0.2) is 0 Å². The molecule has 0 aromatic carbocycles. The maximum absolute atomic E-state index is 11.2. The number of carbonyl (C=O) groups excluding carboxylic acids is 1. The first-order valence-electron chi connectivity index (χ1n) is 6.78. The van der Waals surface area contributed by atoms with Crippen LogP contribution in [0.1, 0.15) is 19.8 Å². The number of nitro groups is 1. The van der Waals surface area contributed by atoms with Crippen molar-refractivity contribution in [2.75, 3.05) is 19.0 Å². The lowest BCUT2D eigenvalue weighted by Crippen LogP contribution is -2.32. The van der Waals surface area contributed by atoms with Gasteiger partial charge in [0.25, 0.3) is 0 Å². The largest absolute Gasteiger partial charge is 0.469 e. The lowest BCUT2D eigenvalue weighted by atomic mass is 10.2. The summed E-state index contributed by atoms with van der Waals surface area (Å²) < 4.78 is 4.55. The Balaban J connectivity index is 3.11. The van der Waals surface area contributed by atoms with E-state index in [0.717, 1.165) is 0 Å². The van der Waals surface area contributed by atoms with Gasteiger partial charge in [0.2, 0.25) is 0 Å².